The number of aryl methyl sites for hydroxylation is 1. The Morgan fingerprint density at radius 3 is 1.93 bits per heavy atom. The van der Waals surface area contributed by atoms with Crippen LogP contribution in [0.25, 0.3) is 0 Å². The third-order valence-electron chi connectivity index (χ3n) is 8.35. The molecule has 2 aromatic carbocycles. The minimum Gasteiger partial charge on any atom is -0.490 e. The van der Waals surface area contributed by atoms with Crippen molar-refractivity contribution < 1.29 is 26.9 Å². The Morgan fingerprint density at radius 1 is 0.905 bits per heavy atom. The maximum absolute atomic E-state index is 13.8. The Balaban J connectivity index is 1.68. The maximum atomic E-state index is 13.8. The maximum Gasteiger partial charge on any atom is 0.339 e. The summed E-state index contributed by atoms with van der Waals surface area (Å²) in [6.07, 6.45) is 2.10. The number of Topliss-reactive ketones (excluding diaryl/α,β-unsaturated/α-hetero) is 2. The molecule has 0 radical (unpaired) electrons. The van der Waals surface area contributed by atoms with Gasteiger partial charge in [-0.1, -0.05) is 57.0 Å². The number of allylic oxidation sites excluding steroid dienone is 4. The first-order valence-corrected chi connectivity index (χ1v) is 16.1. The number of carbonyl (C=O) groups excluding carboxylic acids is 2. The van der Waals surface area contributed by atoms with E-state index in [1.54, 1.807) is 31.2 Å². The summed E-state index contributed by atoms with van der Waals surface area (Å²) >= 11 is 6.77. The second kappa shape index (κ2) is 10.6. The molecule has 42 heavy (non-hydrogen) atoms. The van der Waals surface area contributed by atoms with Crippen LogP contribution in [-0.2, 0) is 19.7 Å². The average molecular weight is 612 g/mol. The van der Waals surface area contributed by atoms with Gasteiger partial charge < -0.3 is 13.8 Å². The van der Waals surface area contributed by atoms with E-state index in [1.807, 2.05) is 14.0 Å². The number of hydrogen-bond acceptors (Lipinski definition) is 7. The zero-order valence-electron chi connectivity index (χ0n) is 25.3. The van der Waals surface area contributed by atoms with Gasteiger partial charge in [0.05, 0.1) is 11.6 Å². The van der Waals surface area contributed by atoms with Gasteiger partial charge in [0, 0.05) is 48.3 Å². The largest absolute Gasteiger partial charge is 0.490 e. The number of hydrogen-bond donors (Lipinski definition) is 0. The Morgan fingerprint density at radius 2 is 1.43 bits per heavy atom. The number of halogens is 1. The van der Waals surface area contributed by atoms with Crippen molar-refractivity contribution in [2.45, 2.75) is 78.0 Å². The van der Waals surface area contributed by atoms with E-state index >= 15 is 0 Å². The first-order chi connectivity index (χ1) is 19.5. The zero-order chi connectivity index (χ0) is 30.8. The fraction of sp³-hybridized carbons (Fsp3) is 0.455. The van der Waals surface area contributed by atoms with Gasteiger partial charge in [-0.15, -0.1) is 0 Å². The zero-order valence-corrected chi connectivity index (χ0v) is 26.8. The lowest BCUT2D eigenvalue weighted by molar-refractivity contribution is -0.119. The molecule has 0 saturated carbocycles. The van der Waals surface area contributed by atoms with Crippen LogP contribution in [0.3, 0.4) is 0 Å². The number of carbonyl (C=O) groups is 2. The van der Waals surface area contributed by atoms with Crippen LogP contribution in [0.5, 0.6) is 11.5 Å². The molecule has 0 fully saturated rings. The normalized spacial score (nSPS) is 20.4. The van der Waals surface area contributed by atoms with E-state index in [0.29, 0.717) is 42.4 Å². The van der Waals surface area contributed by atoms with Gasteiger partial charge in [-0.2, -0.15) is 8.42 Å². The third kappa shape index (κ3) is 5.51. The van der Waals surface area contributed by atoms with E-state index < -0.39 is 16.0 Å². The van der Waals surface area contributed by atoms with Crippen LogP contribution in [0.1, 0.15) is 77.3 Å². The van der Waals surface area contributed by atoms with E-state index in [9.17, 15) is 18.0 Å². The van der Waals surface area contributed by atoms with E-state index in [-0.39, 0.29) is 50.4 Å². The molecule has 7 nitrogen and oxygen atoms in total. The topological polar surface area (TPSA) is 90.0 Å². The third-order valence-corrected chi connectivity index (χ3v) is 9.86. The molecule has 0 spiro atoms. The summed E-state index contributed by atoms with van der Waals surface area (Å²) in [6.45, 7) is 12.2. The Hall–Kier alpha value is -3.10. The van der Waals surface area contributed by atoms with Crippen LogP contribution >= 0.6 is 11.6 Å². The highest BCUT2D eigenvalue weighted by Gasteiger charge is 2.48. The van der Waals surface area contributed by atoms with Crippen LogP contribution in [0, 0.1) is 17.8 Å². The summed E-state index contributed by atoms with van der Waals surface area (Å²) in [5.41, 5.74) is 4.09. The molecule has 2 aromatic rings. The van der Waals surface area contributed by atoms with Crippen LogP contribution in [0.2, 0.25) is 5.02 Å². The van der Waals surface area contributed by atoms with E-state index in [1.165, 1.54) is 12.1 Å². The molecule has 224 valence electrons. The summed E-state index contributed by atoms with van der Waals surface area (Å²) < 4.78 is 37.8. The van der Waals surface area contributed by atoms with Gasteiger partial charge in [0.25, 0.3) is 0 Å². The lowest BCUT2D eigenvalue weighted by atomic mass is 9.64. The summed E-state index contributed by atoms with van der Waals surface area (Å²) in [6, 6.07) is 9.59. The summed E-state index contributed by atoms with van der Waals surface area (Å²) in [7, 11) is -2.26. The highest BCUT2D eigenvalue weighted by atomic mass is 35.5. The minimum atomic E-state index is -4.22. The Kier molecular flexibility index (Phi) is 7.63. The highest BCUT2D eigenvalue weighted by Crippen LogP contribution is 2.55. The molecule has 0 atom stereocenters. The monoisotopic (exact) mass is 611 g/mol. The van der Waals surface area contributed by atoms with Crippen LogP contribution in [-0.4, -0.2) is 38.5 Å². The SMILES string of the molecule is CCOc1cc(C2C3=C(CC(C)(C)CC3=O)N(C)C3=C2C(=O)CC(C)(C)C3)cc(Cl)c1OS(=O)(=O)c1ccc(C)cc1. The molecule has 0 aromatic heterocycles. The summed E-state index contributed by atoms with van der Waals surface area (Å²) in [5.74, 6) is -0.646. The van der Waals surface area contributed by atoms with Gasteiger partial charge in [-0.3, -0.25) is 9.59 Å². The molecular formula is C33H38ClNO6S. The van der Waals surface area contributed by atoms with Gasteiger partial charge in [-0.25, -0.2) is 0 Å². The standard InChI is InChI=1S/C33H38ClNO6S/c1-8-40-27-14-20(13-22(34)31(27)41-42(38,39)21-11-9-19(2)10-12-21)28-29-23(15-32(3,4)17-25(29)36)35(7)24-16-33(5,6)18-26(37)30(24)28/h9-14,28H,8,15-18H2,1-7H3. The van der Waals surface area contributed by atoms with Gasteiger partial charge in [0.1, 0.15) is 4.90 Å². The number of nitrogens with zero attached hydrogens (tertiary/aromatic N) is 1. The highest BCUT2D eigenvalue weighted by molar-refractivity contribution is 7.87. The predicted octanol–water partition coefficient (Wildman–Crippen LogP) is 7.13. The molecule has 1 heterocycles. The van der Waals surface area contributed by atoms with Gasteiger partial charge in [-0.05, 0) is 67.3 Å². The van der Waals surface area contributed by atoms with Crippen molar-refractivity contribution in [2.24, 2.45) is 10.8 Å². The van der Waals surface area contributed by atoms with Crippen LogP contribution in [0.15, 0.2) is 63.8 Å². The first kappa shape index (κ1) is 30.4. The molecule has 1 aliphatic heterocycles. The summed E-state index contributed by atoms with van der Waals surface area (Å²) in [5, 5.41) is 0.0158. The molecule has 0 bridgehead atoms. The Bertz CT molecular complexity index is 1600. The fourth-order valence-corrected chi connectivity index (χ4v) is 7.72. The number of rotatable bonds is 6. The molecule has 3 aliphatic rings. The molecular weight excluding hydrogens is 574 g/mol. The van der Waals surface area contributed by atoms with Gasteiger partial charge >= 0.3 is 10.1 Å². The number of ether oxygens (including phenoxy) is 1. The van der Waals surface area contributed by atoms with Crippen molar-refractivity contribution in [3.63, 3.8) is 0 Å². The quantitative estimate of drug-likeness (QED) is 0.321. The van der Waals surface area contributed by atoms with Crippen molar-refractivity contribution in [2.75, 3.05) is 13.7 Å². The molecule has 0 saturated heterocycles. The van der Waals surface area contributed by atoms with Crippen molar-refractivity contribution in [3.05, 3.63) is 75.1 Å². The van der Waals surface area contributed by atoms with Crippen LogP contribution < -0.4 is 8.92 Å². The van der Waals surface area contributed by atoms with Crippen molar-refractivity contribution in [1.82, 2.24) is 4.90 Å². The smallest absolute Gasteiger partial charge is 0.339 e. The van der Waals surface area contributed by atoms with Crippen molar-refractivity contribution in [1.29, 1.82) is 0 Å². The number of ketones is 2. The predicted molar refractivity (Wildman–Crippen MR) is 162 cm³/mol. The van der Waals surface area contributed by atoms with Crippen molar-refractivity contribution in [3.8, 4) is 11.5 Å². The molecule has 9 heteroatoms. The Labute approximate surface area is 253 Å². The van der Waals surface area contributed by atoms with E-state index in [4.69, 9.17) is 20.5 Å². The van der Waals surface area contributed by atoms with Gasteiger partial charge in [0.15, 0.2) is 17.3 Å². The second-order valence-electron chi connectivity index (χ2n) is 13.2. The molecule has 0 N–H and O–H groups in total. The van der Waals surface area contributed by atoms with Crippen LogP contribution in [0.4, 0.5) is 0 Å². The summed E-state index contributed by atoms with van der Waals surface area (Å²) in [4.78, 5) is 29.7. The second-order valence-corrected chi connectivity index (χ2v) is 15.2. The lowest BCUT2D eigenvalue weighted by Crippen LogP contribution is -2.43. The van der Waals surface area contributed by atoms with Gasteiger partial charge in [0.2, 0.25) is 5.75 Å². The number of benzene rings is 2. The first-order valence-electron chi connectivity index (χ1n) is 14.3. The molecule has 5 rings (SSSR count). The average Bonchev–Trinajstić information content (AvgIpc) is 2.86. The minimum absolute atomic E-state index is 0.00126. The van der Waals surface area contributed by atoms with Crippen molar-refractivity contribution >= 4 is 33.3 Å². The molecule has 0 unspecified atom stereocenters. The lowest BCUT2D eigenvalue weighted by Gasteiger charge is -2.48. The molecule has 2 aliphatic carbocycles. The van der Waals surface area contributed by atoms with E-state index in [0.717, 1.165) is 17.0 Å². The molecule has 0 amide bonds. The fourth-order valence-electron chi connectivity index (χ4n) is 6.46. The van der Waals surface area contributed by atoms with E-state index in [2.05, 4.69) is 32.6 Å².